The first-order chi connectivity index (χ1) is 18.2. The zero-order chi connectivity index (χ0) is 27.7. The van der Waals surface area contributed by atoms with Crippen LogP contribution in [0.4, 0.5) is 0 Å². The third kappa shape index (κ3) is 8.79. The van der Waals surface area contributed by atoms with E-state index >= 15 is 0 Å². The molecule has 2 nitrogen and oxygen atoms in total. The van der Waals surface area contributed by atoms with Crippen molar-refractivity contribution in [3.05, 3.63) is 59.2 Å². The monoisotopic (exact) mass is 516 g/mol. The van der Waals surface area contributed by atoms with Gasteiger partial charge in [-0.05, 0) is 86.5 Å². The first-order valence-electron chi connectivity index (χ1n) is 15.2. The van der Waals surface area contributed by atoms with Crippen molar-refractivity contribution in [3.63, 3.8) is 0 Å². The molecule has 0 radical (unpaired) electrons. The van der Waals surface area contributed by atoms with E-state index < -0.39 is 0 Å². The average molecular weight is 517 g/mol. The molecular weight excluding hydrogens is 464 g/mol. The standard InChI is InChI=1S/C36H52O2/c1-25(2)11-7-13-27(5)15-9-17-29-19-21-31-33(23-29)35(37)32-22-20-30(24-34(32)36(31)38)18-10-16-28(6)14-8-12-26(3)4/h15,19-26,28,37-38H,7-14,16-18H2,1-6H3. The fourth-order valence-corrected chi connectivity index (χ4v) is 5.64. The molecule has 0 aliphatic rings. The Morgan fingerprint density at radius 2 is 1.18 bits per heavy atom. The van der Waals surface area contributed by atoms with Crippen molar-refractivity contribution in [2.75, 3.05) is 0 Å². The number of aromatic hydroxyl groups is 2. The fourth-order valence-electron chi connectivity index (χ4n) is 5.64. The predicted octanol–water partition coefficient (Wildman–Crippen LogP) is 10.9. The largest absolute Gasteiger partial charge is 0.507 e. The molecule has 0 saturated heterocycles. The van der Waals surface area contributed by atoms with Gasteiger partial charge in [0.05, 0.1) is 0 Å². The summed E-state index contributed by atoms with van der Waals surface area (Å²) in [7, 11) is 0. The normalized spacial score (nSPS) is 13.3. The molecule has 0 aromatic heterocycles. The number of rotatable bonds is 15. The summed E-state index contributed by atoms with van der Waals surface area (Å²) >= 11 is 0. The molecule has 2 N–H and O–H groups in total. The predicted molar refractivity (Wildman–Crippen MR) is 166 cm³/mol. The lowest BCUT2D eigenvalue weighted by molar-refractivity contribution is 0.427. The van der Waals surface area contributed by atoms with Crippen LogP contribution in [0.2, 0.25) is 0 Å². The SMILES string of the molecule is CC(=CCCc1ccc2c(O)c3cc(CCCC(C)CCCC(C)C)ccc3c(O)c2c1)CCCC(C)C. The molecule has 2 heteroatoms. The second-order valence-electron chi connectivity index (χ2n) is 12.7. The van der Waals surface area contributed by atoms with Crippen molar-refractivity contribution >= 4 is 21.5 Å². The molecule has 0 spiro atoms. The summed E-state index contributed by atoms with van der Waals surface area (Å²) in [4.78, 5) is 0. The maximum Gasteiger partial charge on any atom is 0.131 e. The average Bonchev–Trinajstić information content (AvgIpc) is 2.86. The quantitative estimate of drug-likeness (QED) is 0.120. The van der Waals surface area contributed by atoms with Gasteiger partial charge in [-0.25, -0.2) is 0 Å². The van der Waals surface area contributed by atoms with E-state index in [1.54, 1.807) is 0 Å². The summed E-state index contributed by atoms with van der Waals surface area (Å²) in [5.41, 5.74) is 3.89. The first-order valence-corrected chi connectivity index (χ1v) is 15.2. The van der Waals surface area contributed by atoms with Gasteiger partial charge in [0.1, 0.15) is 11.5 Å². The van der Waals surface area contributed by atoms with Gasteiger partial charge in [0.2, 0.25) is 0 Å². The zero-order valence-electron chi connectivity index (χ0n) is 24.9. The molecule has 0 fully saturated rings. The van der Waals surface area contributed by atoms with Crippen LogP contribution in [-0.4, -0.2) is 10.2 Å². The Kier molecular flexibility index (Phi) is 11.6. The molecule has 3 aromatic rings. The topological polar surface area (TPSA) is 40.5 Å². The molecule has 0 bridgehead atoms. The number of phenolic OH excluding ortho intramolecular Hbond substituents is 2. The molecule has 208 valence electrons. The highest BCUT2D eigenvalue weighted by Crippen LogP contribution is 2.42. The van der Waals surface area contributed by atoms with Gasteiger partial charge in [0.15, 0.2) is 0 Å². The number of aryl methyl sites for hydroxylation is 2. The summed E-state index contributed by atoms with van der Waals surface area (Å²) in [6.45, 7) is 13.8. The number of allylic oxidation sites excluding steroid dienone is 2. The van der Waals surface area contributed by atoms with Crippen LogP contribution in [-0.2, 0) is 12.8 Å². The van der Waals surface area contributed by atoms with Crippen molar-refractivity contribution in [2.24, 2.45) is 17.8 Å². The minimum Gasteiger partial charge on any atom is -0.507 e. The van der Waals surface area contributed by atoms with Crippen LogP contribution in [0, 0.1) is 17.8 Å². The Morgan fingerprint density at radius 3 is 1.76 bits per heavy atom. The van der Waals surface area contributed by atoms with Crippen LogP contribution in [0.25, 0.3) is 21.5 Å². The Labute approximate surface area is 232 Å². The molecule has 0 saturated carbocycles. The lowest BCUT2D eigenvalue weighted by atomic mass is 9.93. The van der Waals surface area contributed by atoms with Gasteiger partial charge in [-0.1, -0.05) is 103 Å². The van der Waals surface area contributed by atoms with E-state index in [1.165, 1.54) is 61.6 Å². The minimum atomic E-state index is 0.278. The fraction of sp³-hybridized carbons (Fsp3) is 0.556. The van der Waals surface area contributed by atoms with Gasteiger partial charge in [0, 0.05) is 21.5 Å². The number of fused-ring (bicyclic) bond motifs is 2. The number of hydrogen-bond donors (Lipinski definition) is 2. The van der Waals surface area contributed by atoms with E-state index in [9.17, 15) is 10.2 Å². The molecular formula is C36H52O2. The molecule has 1 unspecified atom stereocenters. The van der Waals surface area contributed by atoms with Gasteiger partial charge in [-0.2, -0.15) is 0 Å². The Bertz CT molecular complexity index is 1200. The smallest absolute Gasteiger partial charge is 0.131 e. The molecule has 0 amide bonds. The van der Waals surface area contributed by atoms with Crippen molar-refractivity contribution in [1.29, 1.82) is 0 Å². The van der Waals surface area contributed by atoms with Crippen LogP contribution in [0.5, 0.6) is 11.5 Å². The van der Waals surface area contributed by atoms with Crippen molar-refractivity contribution in [3.8, 4) is 11.5 Å². The number of hydrogen-bond acceptors (Lipinski definition) is 2. The van der Waals surface area contributed by atoms with Gasteiger partial charge in [0.25, 0.3) is 0 Å². The summed E-state index contributed by atoms with van der Waals surface area (Å²) < 4.78 is 0. The third-order valence-electron chi connectivity index (χ3n) is 8.11. The van der Waals surface area contributed by atoms with Crippen LogP contribution >= 0.6 is 0 Å². The van der Waals surface area contributed by atoms with E-state index in [2.05, 4.69) is 71.9 Å². The zero-order valence-corrected chi connectivity index (χ0v) is 24.9. The van der Waals surface area contributed by atoms with Gasteiger partial charge >= 0.3 is 0 Å². The van der Waals surface area contributed by atoms with E-state index in [0.717, 1.165) is 65.0 Å². The number of benzene rings is 3. The van der Waals surface area contributed by atoms with E-state index in [-0.39, 0.29) is 11.5 Å². The summed E-state index contributed by atoms with van der Waals surface area (Å²) in [5.74, 6) is 2.88. The third-order valence-corrected chi connectivity index (χ3v) is 8.11. The molecule has 0 aliphatic heterocycles. The minimum absolute atomic E-state index is 0.278. The Balaban J connectivity index is 1.66. The summed E-state index contributed by atoms with van der Waals surface area (Å²) in [6.07, 6.45) is 15.4. The van der Waals surface area contributed by atoms with Gasteiger partial charge in [-0.3, -0.25) is 0 Å². The highest BCUT2D eigenvalue weighted by Gasteiger charge is 2.14. The first kappa shape index (κ1) is 30.1. The second kappa shape index (κ2) is 14.6. The van der Waals surface area contributed by atoms with Crippen LogP contribution in [0.1, 0.15) is 110 Å². The molecule has 0 aliphatic carbocycles. The van der Waals surface area contributed by atoms with Gasteiger partial charge < -0.3 is 10.2 Å². The van der Waals surface area contributed by atoms with E-state index in [0.29, 0.717) is 0 Å². The molecule has 3 rings (SSSR count). The maximum atomic E-state index is 11.2. The second-order valence-corrected chi connectivity index (χ2v) is 12.7. The van der Waals surface area contributed by atoms with Gasteiger partial charge in [-0.15, -0.1) is 0 Å². The molecule has 38 heavy (non-hydrogen) atoms. The Morgan fingerprint density at radius 1 is 0.658 bits per heavy atom. The highest BCUT2D eigenvalue weighted by atomic mass is 16.3. The van der Waals surface area contributed by atoms with Crippen LogP contribution in [0.15, 0.2) is 48.0 Å². The van der Waals surface area contributed by atoms with Crippen LogP contribution in [0.3, 0.4) is 0 Å². The van der Waals surface area contributed by atoms with Crippen molar-refractivity contribution < 1.29 is 10.2 Å². The highest BCUT2D eigenvalue weighted by molar-refractivity contribution is 6.10. The Hall–Kier alpha value is -2.48. The molecule has 3 aromatic carbocycles. The lowest BCUT2D eigenvalue weighted by Crippen LogP contribution is -1.98. The van der Waals surface area contributed by atoms with E-state index in [1.807, 2.05) is 12.1 Å². The lowest BCUT2D eigenvalue weighted by Gasteiger charge is -2.14. The molecule has 1 atom stereocenters. The summed E-state index contributed by atoms with van der Waals surface area (Å²) in [5, 5.41) is 25.3. The maximum absolute atomic E-state index is 11.2. The van der Waals surface area contributed by atoms with Crippen LogP contribution < -0.4 is 0 Å². The van der Waals surface area contributed by atoms with Crippen molar-refractivity contribution in [2.45, 2.75) is 112 Å². The summed E-state index contributed by atoms with van der Waals surface area (Å²) in [6, 6.07) is 12.3. The van der Waals surface area contributed by atoms with Crippen molar-refractivity contribution in [1.82, 2.24) is 0 Å². The van der Waals surface area contributed by atoms with E-state index in [4.69, 9.17) is 0 Å². The molecule has 0 heterocycles. The number of phenols is 2.